The third-order valence-corrected chi connectivity index (χ3v) is 12.8. The zero-order valence-electron chi connectivity index (χ0n) is 15.3. The predicted molar refractivity (Wildman–Crippen MR) is 107 cm³/mol. The van der Waals surface area contributed by atoms with Gasteiger partial charge < -0.3 is 9.47 Å². The molecule has 132 valence electrons. The molecule has 0 radical (unpaired) electrons. The van der Waals surface area contributed by atoms with E-state index in [-0.39, 0.29) is 10.4 Å². The minimum Gasteiger partial charge on any atom is -0.376 e. The highest BCUT2D eigenvalue weighted by atomic mass is 28.3. The zero-order chi connectivity index (χ0) is 17.0. The van der Waals surface area contributed by atoms with Crippen LogP contribution in [-0.4, -0.2) is 41.3 Å². The maximum Gasteiger partial charge on any atom is 0.133 e. The molecule has 3 rings (SSSR count). The summed E-state index contributed by atoms with van der Waals surface area (Å²) < 4.78 is 13.5. The van der Waals surface area contributed by atoms with Crippen molar-refractivity contribution in [1.82, 2.24) is 0 Å². The summed E-state index contributed by atoms with van der Waals surface area (Å²) in [6.45, 7) is 11.0. The van der Waals surface area contributed by atoms with E-state index in [4.69, 9.17) is 9.47 Å². The van der Waals surface area contributed by atoms with Crippen LogP contribution in [0.15, 0.2) is 42.6 Å². The van der Waals surface area contributed by atoms with Gasteiger partial charge in [-0.15, -0.1) is 6.58 Å². The summed E-state index contributed by atoms with van der Waals surface area (Å²) in [6.07, 6.45) is 7.26. The second-order valence-corrected chi connectivity index (χ2v) is 13.9. The molecule has 0 bridgehead atoms. The van der Waals surface area contributed by atoms with Gasteiger partial charge in [0.05, 0.1) is 19.2 Å². The fraction of sp³-hybridized carbons (Fsp3) is 0.600. The Morgan fingerprint density at radius 3 is 1.96 bits per heavy atom. The molecule has 3 unspecified atom stereocenters. The number of hydrogen-bond donors (Lipinski definition) is 0. The smallest absolute Gasteiger partial charge is 0.133 e. The van der Waals surface area contributed by atoms with E-state index in [0.29, 0.717) is 0 Å². The van der Waals surface area contributed by atoms with Crippen LogP contribution in [0.25, 0.3) is 0 Å². The summed E-state index contributed by atoms with van der Waals surface area (Å²) >= 11 is 0. The Morgan fingerprint density at radius 2 is 1.50 bits per heavy atom. The lowest BCUT2D eigenvalue weighted by atomic mass is 9.96. The average Bonchev–Trinajstić information content (AvgIpc) is 2.64. The second kappa shape index (κ2) is 7.69. The maximum atomic E-state index is 6.78. The first-order valence-corrected chi connectivity index (χ1v) is 14.3. The second-order valence-electron chi connectivity index (χ2n) is 7.67. The standard InChI is InChI=1S/C20H32O2Si2/c1-4-24(18-12-6-5-7-13-18)20(15-9-11-17-22-20)19(23(2)3)14-8-10-16-21-19/h4-7,12-13,23-24H,1,8-11,14-17H2,2-3H3. The Bertz CT molecular complexity index is 532. The summed E-state index contributed by atoms with van der Waals surface area (Å²) in [5.74, 6) is 0. The highest BCUT2D eigenvalue weighted by Gasteiger charge is 2.60. The first-order valence-electron chi connectivity index (χ1n) is 9.62. The molecule has 2 heterocycles. The molecule has 2 saturated heterocycles. The number of hydrogen-bond acceptors (Lipinski definition) is 2. The van der Waals surface area contributed by atoms with Crippen molar-refractivity contribution < 1.29 is 9.47 Å². The summed E-state index contributed by atoms with van der Waals surface area (Å²) in [7, 11) is -2.62. The van der Waals surface area contributed by atoms with Crippen LogP contribution in [-0.2, 0) is 9.47 Å². The van der Waals surface area contributed by atoms with Crippen molar-refractivity contribution in [2.24, 2.45) is 0 Å². The highest BCUT2D eigenvalue weighted by molar-refractivity contribution is 6.82. The van der Waals surface area contributed by atoms with Crippen LogP contribution in [0.5, 0.6) is 0 Å². The molecule has 4 heteroatoms. The van der Waals surface area contributed by atoms with Crippen molar-refractivity contribution in [1.29, 1.82) is 0 Å². The quantitative estimate of drug-likeness (QED) is 0.750. The molecule has 0 saturated carbocycles. The van der Waals surface area contributed by atoms with Gasteiger partial charge >= 0.3 is 0 Å². The molecule has 0 amide bonds. The van der Waals surface area contributed by atoms with Crippen LogP contribution in [0.2, 0.25) is 13.1 Å². The van der Waals surface area contributed by atoms with E-state index in [0.717, 1.165) is 19.6 Å². The van der Waals surface area contributed by atoms with Gasteiger partial charge in [0.25, 0.3) is 0 Å². The lowest BCUT2D eigenvalue weighted by Gasteiger charge is -2.58. The molecule has 0 spiro atoms. The van der Waals surface area contributed by atoms with E-state index >= 15 is 0 Å². The van der Waals surface area contributed by atoms with Crippen LogP contribution < -0.4 is 5.19 Å². The predicted octanol–water partition coefficient (Wildman–Crippen LogP) is 3.29. The SMILES string of the molecule is C=C[SiH](c1ccccc1)C1(C2([SiH](C)C)CCCCO2)CCCCO1. The Balaban J connectivity index is 2.10. The van der Waals surface area contributed by atoms with E-state index in [1.807, 2.05) is 0 Å². The lowest BCUT2D eigenvalue weighted by Crippen LogP contribution is -2.74. The third kappa shape index (κ3) is 2.98. The summed E-state index contributed by atoms with van der Waals surface area (Å²) in [5.41, 5.74) is 2.26. The maximum absolute atomic E-state index is 6.78. The van der Waals surface area contributed by atoms with E-state index in [9.17, 15) is 0 Å². The van der Waals surface area contributed by atoms with Gasteiger partial charge in [0.15, 0.2) is 0 Å². The van der Waals surface area contributed by atoms with E-state index in [1.165, 1.54) is 37.3 Å². The minimum absolute atomic E-state index is 0.0212. The van der Waals surface area contributed by atoms with Crippen LogP contribution >= 0.6 is 0 Å². The normalized spacial score (nSPS) is 32.5. The molecule has 0 aromatic heterocycles. The van der Waals surface area contributed by atoms with Gasteiger partial charge in [-0.25, -0.2) is 0 Å². The Hall–Kier alpha value is -0.686. The van der Waals surface area contributed by atoms with Gasteiger partial charge in [-0.2, -0.15) is 0 Å². The Morgan fingerprint density at radius 1 is 0.917 bits per heavy atom. The minimum atomic E-state index is -1.53. The first-order chi connectivity index (χ1) is 11.7. The van der Waals surface area contributed by atoms with Crippen molar-refractivity contribution in [2.45, 2.75) is 62.1 Å². The Labute approximate surface area is 150 Å². The summed E-state index contributed by atoms with van der Waals surface area (Å²) in [4.78, 5) is 0. The largest absolute Gasteiger partial charge is 0.376 e. The van der Waals surface area contributed by atoms with Gasteiger partial charge in [0.2, 0.25) is 0 Å². The number of ether oxygens (including phenoxy) is 2. The molecule has 3 atom stereocenters. The van der Waals surface area contributed by atoms with Gasteiger partial charge in [0.1, 0.15) is 8.80 Å². The molecular formula is C20H32O2Si2. The van der Waals surface area contributed by atoms with Crippen LogP contribution in [0.1, 0.15) is 38.5 Å². The zero-order valence-corrected chi connectivity index (χ0v) is 17.6. The molecule has 1 aromatic carbocycles. The molecule has 0 aliphatic carbocycles. The number of rotatable bonds is 5. The van der Waals surface area contributed by atoms with Crippen molar-refractivity contribution in [2.75, 3.05) is 13.2 Å². The van der Waals surface area contributed by atoms with Crippen molar-refractivity contribution in [3.05, 3.63) is 42.6 Å². The summed E-state index contributed by atoms with van der Waals surface area (Å²) in [6, 6.07) is 11.0. The Kier molecular flexibility index (Phi) is 5.80. The van der Waals surface area contributed by atoms with Crippen molar-refractivity contribution in [3.8, 4) is 0 Å². The third-order valence-electron chi connectivity index (χ3n) is 6.15. The highest BCUT2D eigenvalue weighted by Crippen LogP contribution is 2.46. The summed E-state index contributed by atoms with van der Waals surface area (Å²) in [5, 5.41) is 1.33. The van der Waals surface area contributed by atoms with Gasteiger partial charge in [-0.1, -0.05) is 54.3 Å². The van der Waals surface area contributed by atoms with Gasteiger partial charge in [-0.3, -0.25) is 0 Å². The van der Waals surface area contributed by atoms with Crippen molar-refractivity contribution >= 4 is 22.8 Å². The molecule has 2 nitrogen and oxygen atoms in total. The van der Waals surface area contributed by atoms with Crippen LogP contribution in [0.3, 0.4) is 0 Å². The van der Waals surface area contributed by atoms with E-state index in [2.05, 4.69) is 55.7 Å². The van der Waals surface area contributed by atoms with Crippen molar-refractivity contribution in [3.63, 3.8) is 0 Å². The molecular weight excluding hydrogens is 328 g/mol. The number of benzene rings is 1. The van der Waals surface area contributed by atoms with Crippen LogP contribution in [0.4, 0.5) is 0 Å². The topological polar surface area (TPSA) is 18.5 Å². The van der Waals surface area contributed by atoms with E-state index in [1.54, 1.807) is 0 Å². The van der Waals surface area contributed by atoms with Crippen LogP contribution in [0, 0.1) is 0 Å². The molecule has 2 aliphatic rings. The van der Waals surface area contributed by atoms with E-state index < -0.39 is 17.6 Å². The fourth-order valence-corrected chi connectivity index (χ4v) is 12.4. The first kappa shape index (κ1) is 18.1. The average molecular weight is 361 g/mol. The monoisotopic (exact) mass is 360 g/mol. The molecule has 1 aromatic rings. The van der Waals surface area contributed by atoms with Gasteiger partial charge in [-0.05, 0) is 38.5 Å². The van der Waals surface area contributed by atoms with Gasteiger partial charge in [0, 0.05) is 13.2 Å². The molecule has 2 fully saturated rings. The fourth-order valence-electron chi connectivity index (χ4n) is 5.01. The molecule has 2 aliphatic heterocycles. The molecule has 24 heavy (non-hydrogen) atoms. The molecule has 0 N–H and O–H groups in total. The lowest BCUT2D eigenvalue weighted by molar-refractivity contribution is -0.163.